The van der Waals surface area contributed by atoms with Crippen LogP contribution >= 0.6 is 0 Å². The molecule has 0 spiro atoms. The summed E-state index contributed by atoms with van der Waals surface area (Å²) in [4.78, 5) is 27.7. The molecule has 0 radical (unpaired) electrons. The van der Waals surface area contributed by atoms with Gasteiger partial charge in [-0.1, -0.05) is 6.07 Å². The van der Waals surface area contributed by atoms with E-state index in [0.29, 0.717) is 12.8 Å². The van der Waals surface area contributed by atoms with Crippen molar-refractivity contribution in [2.75, 3.05) is 10.6 Å². The van der Waals surface area contributed by atoms with Crippen molar-refractivity contribution in [3.8, 4) is 0 Å². The average molecular weight is 295 g/mol. The molecule has 2 amide bonds. The minimum absolute atomic E-state index is 0.0366. The second kappa shape index (κ2) is 5.97. The molecule has 1 aromatic heterocycles. The number of hydrogen-bond donors (Lipinski definition) is 2. The van der Waals surface area contributed by atoms with Crippen LogP contribution in [0.25, 0.3) is 0 Å². The Morgan fingerprint density at radius 1 is 1.32 bits per heavy atom. The highest BCUT2D eigenvalue weighted by molar-refractivity contribution is 5.97. The van der Waals surface area contributed by atoms with Gasteiger partial charge in [0.2, 0.25) is 11.8 Å². The Bertz CT molecular complexity index is 713. The van der Waals surface area contributed by atoms with Gasteiger partial charge in [0.25, 0.3) is 0 Å². The van der Waals surface area contributed by atoms with Gasteiger partial charge in [-0.25, -0.2) is 0 Å². The van der Waals surface area contributed by atoms with Crippen molar-refractivity contribution >= 4 is 23.2 Å². The molecule has 0 aliphatic carbocycles. The summed E-state index contributed by atoms with van der Waals surface area (Å²) in [6.45, 7) is 1.85. The van der Waals surface area contributed by atoms with Crippen LogP contribution in [0, 0.1) is 0 Å². The van der Waals surface area contributed by atoms with Crippen molar-refractivity contribution in [3.63, 3.8) is 0 Å². The molecule has 2 heterocycles. The minimum Gasteiger partial charge on any atom is -0.326 e. The minimum atomic E-state index is -0.274. The zero-order valence-electron chi connectivity index (χ0n) is 12.3. The fourth-order valence-corrected chi connectivity index (χ4v) is 2.50. The molecule has 22 heavy (non-hydrogen) atoms. The van der Waals surface area contributed by atoms with E-state index in [1.165, 1.54) is 0 Å². The number of carbonyl (C=O) groups is 2. The second-order valence-electron chi connectivity index (χ2n) is 5.42. The molecule has 2 aromatic rings. The summed E-state index contributed by atoms with van der Waals surface area (Å²) < 4.78 is 0. The number of aromatic nitrogens is 1. The molecule has 5 heteroatoms. The Labute approximate surface area is 128 Å². The van der Waals surface area contributed by atoms with Gasteiger partial charge in [0.1, 0.15) is 0 Å². The fourth-order valence-electron chi connectivity index (χ4n) is 2.50. The lowest BCUT2D eigenvalue weighted by atomic mass is 10.0. The molecule has 5 nitrogen and oxygen atoms in total. The first-order chi connectivity index (χ1) is 10.6. The van der Waals surface area contributed by atoms with E-state index in [2.05, 4.69) is 15.6 Å². The number of carbonyl (C=O) groups excluding carboxylic acids is 2. The maximum atomic E-state index is 12.3. The highest BCUT2D eigenvalue weighted by Gasteiger charge is 2.18. The zero-order chi connectivity index (χ0) is 15.5. The first-order valence-electron chi connectivity index (χ1n) is 7.27. The Hall–Kier alpha value is -2.69. The lowest BCUT2D eigenvalue weighted by molar-refractivity contribution is -0.117. The van der Waals surface area contributed by atoms with Crippen LogP contribution in [-0.2, 0) is 16.0 Å². The molecule has 0 saturated carbocycles. The van der Waals surface area contributed by atoms with Gasteiger partial charge in [0.15, 0.2) is 0 Å². The van der Waals surface area contributed by atoms with E-state index in [0.717, 1.165) is 22.5 Å². The van der Waals surface area contributed by atoms with Crippen LogP contribution < -0.4 is 10.6 Å². The molecule has 1 aliphatic heterocycles. The summed E-state index contributed by atoms with van der Waals surface area (Å²) in [5, 5.41) is 5.75. The molecule has 1 aliphatic rings. The van der Waals surface area contributed by atoms with Crippen LogP contribution in [0.3, 0.4) is 0 Å². The highest BCUT2D eigenvalue weighted by atomic mass is 16.2. The summed E-state index contributed by atoms with van der Waals surface area (Å²) in [6.07, 6.45) is 4.57. The molecule has 1 aromatic carbocycles. The van der Waals surface area contributed by atoms with Crippen LogP contribution in [0.15, 0.2) is 42.7 Å². The average Bonchev–Trinajstić information content (AvgIpc) is 2.55. The number of amides is 2. The topological polar surface area (TPSA) is 71.1 Å². The van der Waals surface area contributed by atoms with E-state index >= 15 is 0 Å². The first kappa shape index (κ1) is 14.3. The Kier molecular flexibility index (Phi) is 3.87. The number of aryl methyl sites for hydroxylation is 1. The monoisotopic (exact) mass is 295 g/mol. The number of nitrogens with zero attached hydrogens (tertiary/aromatic N) is 1. The number of rotatable bonds is 3. The number of benzene rings is 1. The molecular weight excluding hydrogens is 278 g/mol. The maximum Gasteiger partial charge on any atom is 0.231 e. The lowest BCUT2D eigenvalue weighted by Gasteiger charge is -2.18. The Balaban J connectivity index is 1.73. The molecule has 2 N–H and O–H groups in total. The third kappa shape index (κ3) is 2.98. The van der Waals surface area contributed by atoms with E-state index in [-0.39, 0.29) is 17.7 Å². The maximum absolute atomic E-state index is 12.3. The molecule has 1 atom stereocenters. The fraction of sp³-hybridized carbons (Fsp3) is 0.235. The van der Waals surface area contributed by atoms with Gasteiger partial charge in [0.05, 0.1) is 5.92 Å². The first-order valence-corrected chi connectivity index (χ1v) is 7.27. The standard InChI is InChI=1S/C17H17N3O2/c1-11(13-3-2-8-18-10-13)17(22)19-14-5-6-15-12(9-14)4-7-16(21)20-15/h2-3,5-6,8-11H,4,7H2,1H3,(H,19,22)(H,20,21). The van der Waals surface area contributed by atoms with E-state index in [9.17, 15) is 9.59 Å². The number of anilines is 2. The van der Waals surface area contributed by atoms with Crippen molar-refractivity contribution in [3.05, 3.63) is 53.9 Å². The molecule has 0 saturated heterocycles. The number of hydrogen-bond acceptors (Lipinski definition) is 3. The van der Waals surface area contributed by atoms with E-state index < -0.39 is 0 Å². The van der Waals surface area contributed by atoms with Crippen molar-refractivity contribution in [2.45, 2.75) is 25.7 Å². The van der Waals surface area contributed by atoms with Crippen molar-refractivity contribution in [1.29, 1.82) is 0 Å². The van der Waals surface area contributed by atoms with E-state index in [1.54, 1.807) is 18.5 Å². The van der Waals surface area contributed by atoms with Crippen molar-refractivity contribution < 1.29 is 9.59 Å². The SMILES string of the molecule is CC(C(=O)Nc1ccc2c(c1)CCC(=O)N2)c1cccnc1. The van der Waals surface area contributed by atoms with Crippen LogP contribution in [0.5, 0.6) is 0 Å². The number of pyridine rings is 1. The quantitative estimate of drug-likeness (QED) is 0.914. The summed E-state index contributed by atoms with van der Waals surface area (Å²) in [6, 6.07) is 9.26. The second-order valence-corrected chi connectivity index (χ2v) is 5.42. The van der Waals surface area contributed by atoms with Gasteiger partial charge in [-0.15, -0.1) is 0 Å². The summed E-state index contributed by atoms with van der Waals surface area (Å²) >= 11 is 0. The van der Waals surface area contributed by atoms with Crippen molar-refractivity contribution in [2.24, 2.45) is 0 Å². The molecule has 0 bridgehead atoms. The van der Waals surface area contributed by atoms with Gasteiger partial charge in [-0.2, -0.15) is 0 Å². The van der Waals surface area contributed by atoms with E-state index in [4.69, 9.17) is 0 Å². The third-order valence-electron chi connectivity index (χ3n) is 3.85. The molecule has 0 fully saturated rings. The van der Waals surface area contributed by atoms with Crippen LogP contribution in [-0.4, -0.2) is 16.8 Å². The predicted molar refractivity (Wildman–Crippen MR) is 84.7 cm³/mol. The van der Waals surface area contributed by atoms with Gasteiger partial charge < -0.3 is 10.6 Å². The third-order valence-corrected chi connectivity index (χ3v) is 3.85. The van der Waals surface area contributed by atoms with Crippen LogP contribution in [0.2, 0.25) is 0 Å². The van der Waals surface area contributed by atoms with Crippen LogP contribution in [0.4, 0.5) is 11.4 Å². The molecule has 1 unspecified atom stereocenters. The molecular formula is C17H17N3O2. The summed E-state index contributed by atoms with van der Waals surface area (Å²) in [7, 11) is 0. The van der Waals surface area contributed by atoms with Gasteiger partial charge >= 0.3 is 0 Å². The zero-order valence-corrected chi connectivity index (χ0v) is 12.3. The largest absolute Gasteiger partial charge is 0.326 e. The number of nitrogens with one attached hydrogen (secondary N) is 2. The van der Waals surface area contributed by atoms with Gasteiger partial charge in [-0.3, -0.25) is 14.6 Å². The summed E-state index contributed by atoms with van der Waals surface area (Å²) in [5.74, 6) is -0.313. The smallest absolute Gasteiger partial charge is 0.231 e. The van der Waals surface area contributed by atoms with Gasteiger partial charge in [-0.05, 0) is 48.7 Å². The highest BCUT2D eigenvalue weighted by Crippen LogP contribution is 2.26. The lowest BCUT2D eigenvalue weighted by Crippen LogP contribution is -2.21. The van der Waals surface area contributed by atoms with E-state index in [1.807, 2.05) is 31.2 Å². The van der Waals surface area contributed by atoms with Crippen LogP contribution in [0.1, 0.15) is 30.4 Å². The van der Waals surface area contributed by atoms with Crippen molar-refractivity contribution in [1.82, 2.24) is 4.98 Å². The predicted octanol–water partition coefficient (Wildman–Crippen LogP) is 2.71. The molecule has 112 valence electrons. The van der Waals surface area contributed by atoms with Gasteiger partial charge in [0, 0.05) is 30.2 Å². The Morgan fingerprint density at radius 2 is 2.18 bits per heavy atom. The normalized spacial score (nSPS) is 14.7. The summed E-state index contributed by atoms with van der Waals surface area (Å²) in [5.41, 5.74) is 3.50. The molecule has 3 rings (SSSR count). The number of fused-ring (bicyclic) bond motifs is 1. The Morgan fingerprint density at radius 3 is 2.95 bits per heavy atom.